The van der Waals surface area contributed by atoms with Crippen molar-refractivity contribution in [3.05, 3.63) is 47.5 Å². The van der Waals surface area contributed by atoms with Crippen LogP contribution in [0.2, 0.25) is 0 Å². The zero-order chi connectivity index (χ0) is 15.5. The number of carboxylic acid groups (broad SMARTS) is 1. The second-order valence-corrected chi connectivity index (χ2v) is 5.33. The van der Waals surface area contributed by atoms with Gasteiger partial charge < -0.3 is 10.0 Å². The summed E-state index contributed by atoms with van der Waals surface area (Å²) in [6, 6.07) is 2.88. The van der Waals surface area contributed by atoms with Crippen molar-refractivity contribution < 1.29 is 14.7 Å². The molecule has 0 spiro atoms. The molecule has 1 saturated heterocycles. The average Bonchev–Trinajstić information content (AvgIpc) is 3.09. The molecule has 1 fully saturated rings. The van der Waals surface area contributed by atoms with E-state index < -0.39 is 5.97 Å². The van der Waals surface area contributed by atoms with Crippen LogP contribution in [0, 0.1) is 0 Å². The van der Waals surface area contributed by atoms with E-state index in [2.05, 4.69) is 15.2 Å². The molecule has 0 atom stereocenters. The maximum absolute atomic E-state index is 12.5. The molecule has 2 N–H and O–H groups in total. The first kappa shape index (κ1) is 14.2. The van der Waals surface area contributed by atoms with E-state index in [-0.39, 0.29) is 11.6 Å². The minimum Gasteiger partial charge on any atom is -0.477 e. The van der Waals surface area contributed by atoms with Gasteiger partial charge >= 0.3 is 5.97 Å². The summed E-state index contributed by atoms with van der Waals surface area (Å²) in [4.78, 5) is 28.9. The lowest BCUT2D eigenvalue weighted by molar-refractivity contribution is 0.0690. The number of amides is 1. The number of carboxylic acids is 1. The zero-order valence-electron chi connectivity index (χ0n) is 11.9. The third-order valence-electron chi connectivity index (χ3n) is 4.00. The van der Waals surface area contributed by atoms with Crippen LogP contribution in [0.1, 0.15) is 45.2 Å². The van der Waals surface area contributed by atoms with Gasteiger partial charge in [0.15, 0.2) is 0 Å². The molecule has 7 heteroatoms. The van der Waals surface area contributed by atoms with Crippen molar-refractivity contribution in [1.82, 2.24) is 20.1 Å². The van der Waals surface area contributed by atoms with Gasteiger partial charge in [0.05, 0.1) is 6.20 Å². The molecule has 0 saturated carbocycles. The van der Waals surface area contributed by atoms with E-state index in [0.717, 1.165) is 12.8 Å². The number of aromatic carboxylic acids is 1. The standard InChI is InChI=1S/C15H16N4O3/c20-14(11-1-4-16-13(7-11)15(21)22)19-5-2-10(3-6-19)12-8-17-18-9-12/h1,4,7-10H,2-3,5-6H2,(H,17,18)(H,21,22). The second kappa shape index (κ2) is 5.97. The van der Waals surface area contributed by atoms with Crippen molar-refractivity contribution in [2.75, 3.05) is 13.1 Å². The number of nitrogens with zero attached hydrogens (tertiary/aromatic N) is 3. The molecule has 1 aliphatic heterocycles. The first-order valence-electron chi connectivity index (χ1n) is 7.12. The van der Waals surface area contributed by atoms with Gasteiger partial charge in [0.25, 0.3) is 5.91 Å². The van der Waals surface area contributed by atoms with E-state index in [1.54, 1.807) is 11.0 Å². The normalized spacial score (nSPS) is 15.7. The monoisotopic (exact) mass is 300 g/mol. The van der Waals surface area contributed by atoms with Gasteiger partial charge in [-0.25, -0.2) is 9.78 Å². The minimum atomic E-state index is -1.13. The lowest BCUT2D eigenvalue weighted by atomic mass is 9.91. The second-order valence-electron chi connectivity index (χ2n) is 5.33. The summed E-state index contributed by atoms with van der Waals surface area (Å²) in [5, 5.41) is 15.7. The van der Waals surface area contributed by atoms with Gasteiger partial charge in [-0.3, -0.25) is 9.89 Å². The van der Waals surface area contributed by atoms with Crippen LogP contribution < -0.4 is 0 Å². The molecule has 7 nitrogen and oxygen atoms in total. The van der Waals surface area contributed by atoms with Gasteiger partial charge in [0.1, 0.15) is 5.69 Å². The smallest absolute Gasteiger partial charge is 0.354 e. The summed E-state index contributed by atoms with van der Waals surface area (Å²) in [6.45, 7) is 1.30. The lowest BCUT2D eigenvalue weighted by Gasteiger charge is -2.31. The van der Waals surface area contributed by atoms with Crippen molar-refractivity contribution in [3.63, 3.8) is 0 Å². The Labute approximate surface area is 127 Å². The van der Waals surface area contributed by atoms with E-state index in [4.69, 9.17) is 5.11 Å². The lowest BCUT2D eigenvalue weighted by Crippen LogP contribution is -2.38. The fraction of sp³-hybridized carbons (Fsp3) is 0.333. The Balaban J connectivity index is 1.67. The summed E-state index contributed by atoms with van der Waals surface area (Å²) < 4.78 is 0. The van der Waals surface area contributed by atoms with Crippen LogP contribution in [0.15, 0.2) is 30.7 Å². The number of hydrogen-bond acceptors (Lipinski definition) is 4. The minimum absolute atomic E-state index is 0.112. The number of likely N-dealkylation sites (tertiary alicyclic amines) is 1. The molecule has 0 bridgehead atoms. The number of carbonyl (C=O) groups excluding carboxylic acids is 1. The molecule has 0 aromatic carbocycles. The highest BCUT2D eigenvalue weighted by Crippen LogP contribution is 2.27. The van der Waals surface area contributed by atoms with Gasteiger partial charge in [0, 0.05) is 31.0 Å². The molecule has 0 unspecified atom stereocenters. The van der Waals surface area contributed by atoms with E-state index in [0.29, 0.717) is 24.6 Å². The van der Waals surface area contributed by atoms with Gasteiger partial charge in [0.2, 0.25) is 0 Å². The maximum Gasteiger partial charge on any atom is 0.354 e. The number of H-pyrrole nitrogens is 1. The molecule has 0 aliphatic carbocycles. The van der Waals surface area contributed by atoms with Crippen molar-refractivity contribution in [1.29, 1.82) is 0 Å². The van der Waals surface area contributed by atoms with Crippen LogP contribution in [0.5, 0.6) is 0 Å². The van der Waals surface area contributed by atoms with Crippen molar-refractivity contribution in [2.45, 2.75) is 18.8 Å². The molecule has 114 valence electrons. The Morgan fingerprint density at radius 3 is 2.73 bits per heavy atom. The summed E-state index contributed by atoms with van der Waals surface area (Å²) in [5.74, 6) is -0.862. The van der Waals surface area contributed by atoms with E-state index in [1.165, 1.54) is 17.8 Å². The summed E-state index contributed by atoms with van der Waals surface area (Å²) in [7, 11) is 0. The Kier molecular flexibility index (Phi) is 3.86. The quantitative estimate of drug-likeness (QED) is 0.895. The predicted octanol–water partition coefficient (Wildman–Crippen LogP) is 1.52. The van der Waals surface area contributed by atoms with E-state index in [1.807, 2.05) is 12.4 Å². The number of aromatic amines is 1. The average molecular weight is 300 g/mol. The highest BCUT2D eigenvalue weighted by atomic mass is 16.4. The third-order valence-corrected chi connectivity index (χ3v) is 4.00. The first-order chi connectivity index (χ1) is 10.6. The largest absolute Gasteiger partial charge is 0.477 e. The molecule has 1 aliphatic rings. The van der Waals surface area contributed by atoms with Crippen LogP contribution >= 0.6 is 0 Å². The van der Waals surface area contributed by atoms with Crippen molar-refractivity contribution >= 4 is 11.9 Å². The van der Waals surface area contributed by atoms with Gasteiger partial charge in [-0.1, -0.05) is 0 Å². The fourth-order valence-electron chi connectivity index (χ4n) is 2.76. The van der Waals surface area contributed by atoms with Crippen LogP contribution in [0.4, 0.5) is 0 Å². The Hall–Kier alpha value is -2.70. The molecule has 3 rings (SSSR count). The number of rotatable bonds is 3. The molecule has 2 aromatic rings. The highest BCUT2D eigenvalue weighted by Gasteiger charge is 2.25. The number of nitrogens with one attached hydrogen (secondary N) is 1. The van der Waals surface area contributed by atoms with Crippen LogP contribution in [0.3, 0.4) is 0 Å². The predicted molar refractivity (Wildman–Crippen MR) is 77.7 cm³/mol. The summed E-state index contributed by atoms with van der Waals surface area (Å²) in [5.41, 5.74) is 1.43. The molecule has 1 amide bonds. The molecular formula is C15H16N4O3. The summed E-state index contributed by atoms with van der Waals surface area (Å²) in [6.07, 6.45) is 6.83. The number of pyridine rings is 1. The number of piperidine rings is 1. The van der Waals surface area contributed by atoms with Crippen LogP contribution in [0.25, 0.3) is 0 Å². The van der Waals surface area contributed by atoms with Crippen LogP contribution in [-0.2, 0) is 0 Å². The Morgan fingerprint density at radius 1 is 1.32 bits per heavy atom. The molecule has 22 heavy (non-hydrogen) atoms. The molecule has 3 heterocycles. The molecule has 0 radical (unpaired) electrons. The van der Waals surface area contributed by atoms with Gasteiger partial charge in [-0.05, 0) is 36.5 Å². The zero-order valence-corrected chi connectivity index (χ0v) is 11.9. The summed E-state index contributed by atoms with van der Waals surface area (Å²) >= 11 is 0. The number of hydrogen-bond donors (Lipinski definition) is 2. The number of carbonyl (C=O) groups is 2. The fourth-order valence-corrected chi connectivity index (χ4v) is 2.76. The highest BCUT2D eigenvalue weighted by molar-refractivity contribution is 5.96. The van der Waals surface area contributed by atoms with E-state index >= 15 is 0 Å². The SMILES string of the molecule is O=C(O)c1cc(C(=O)N2CCC(c3cn[nH]c3)CC2)ccn1. The number of aromatic nitrogens is 3. The van der Waals surface area contributed by atoms with Gasteiger partial charge in [-0.15, -0.1) is 0 Å². The molecular weight excluding hydrogens is 284 g/mol. The first-order valence-corrected chi connectivity index (χ1v) is 7.12. The van der Waals surface area contributed by atoms with Crippen molar-refractivity contribution in [3.8, 4) is 0 Å². The Morgan fingerprint density at radius 2 is 2.09 bits per heavy atom. The topological polar surface area (TPSA) is 99.2 Å². The van der Waals surface area contributed by atoms with Crippen molar-refractivity contribution in [2.24, 2.45) is 0 Å². The Bertz CT molecular complexity index is 676. The van der Waals surface area contributed by atoms with Gasteiger partial charge in [-0.2, -0.15) is 5.10 Å². The molecule has 2 aromatic heterocycles. The van der Waals surface area contributed by atoms with E-state index in [9.17, 15) is 9.59 Å². The third kappa shape index (κ3) is 2.83. The maximum atomic E-state index is 12.5. The van der Waals surface area contributed by atoms with Crippen LogP contribution in [-0.4, -0.2) is 50.2 Å².